The summed E-state index contributed by atoms with van der Waals surface area (Å²) in [7, 11) is 0.973. The van der Waals surface area contributed by atoms with Crippen LogP contribution in [-0.4, -0.2) is 109 Å². The fourth-order valence-electron chi connectivity index (χ4n) is 10.0. The van der Waals surface area contributed by atoms with E-state index in [1.807, 2.05) is 0 Å². The molecule has 0 aliphatic carbocycles. The van der Waals surface area contributed by atoms with Gasteiger partial charge in [-0.2, -0.15) is 0 Å². The summed E-state index contributed by atoms with van der Waals surface area (Å²) >= 11 is 13.7. The average molecular weight is 1300 g/mol. The Morgan fingerprint density at radius 1 is 0.641 bits per heavy atom. The van der Waals surface area contributed by atoms with Crippen LogP contribution in [0.15, 0.2) is 140 Å². The van der Waals surface area contributed by atoms with Crippen molar-refractivity contribution in [2.24, 2.45) is 0 Å². The van der Waals surface area contributed by atoms with Gasteiger partial charge in [0, 0.05) is 35.6 Å². The Morgan fingerprint density at radius 3 is 1.98 bits per heavy atom. The molecule has 6 amide bonds. The molecule has 0 aromatic heterocycles. The van der Waals surface area contributed by atoms with Crippen molar-refractivity contribution in [2.75, 3.05) is 7.11 Å². The molecule has 92 heavy (non-hydrogen) atoms. The Kier molecular flexibility index (Phi) is 20.0. The van der Waals surface area contributed by atoms with E-state index in [1.165, 1.54) is 36.4 Å². The maximum absolute atomic E-state index is 15.7. The number of carboxylic acids is 1. The number of aliphatic hydroxyl groups excluding tert-OH is 1. The number of hydrogen-bond donors (Lipinski definition) is 12. The number of hydrogen-bond acceptors (Lipinski definition) is 18. The molecule has 0 saturated carbocycles. The third kappa shape index (κ3) is 15.6. The first-order valence-electron chi connectivity index (χ1n) is 28.1. The molecular weight excluding hydrogens is 1240 g/mol. The molecule has 7 atom stereocenters. The lowest BCUT2D eigenvalue weighted by atomic mass is 9.89. The van der Waals surface area contributed by atoms with Crippen molar-refractivity contribution in [1.29, 1.82) is 0 Å². The van der Waals surface area contributed by atoms with E-state index in [0.717, 1.165) is 49.6 Å². The number of nitrogens with one attached hydrogen (secondary N) is 6. The second-order valence-electron chi connectivity index (χ2n) is 22.2. The number of methoxy groups -OCH3 is 1. The van der Waals surface area contributed by atoms with Crippen LogP contribution in [-0.2, 0) is 62.4 Å². The maximum Gasteiger partial charge on any atom is 0.408 e. The predicted octanol–water partition coefficient (Wildman–Crippen LogP) is 8.02. The molecule has 3 aliphatic rings. The fourth-order valence-corrected chi connectivity index (χ4v) is 10.5. The average Bonchev–Trinajstić information content (AvgIpc) is 0.778. The van der Waals surface area contributed by atoms with E-state index in [9.17, 15) is 54.6 Å². The van der Waals surface area contributed by atoms with Crippen molar-refractivity contribution in [1.82, 2.24) is 31.9 Å². The minimum atomic E-state index is -2.12. The van der Waals surface area contributed by atoms with Gasteiger partial charge in [-0.05, 0) is 109 Å². The number of aliphatic carboxylic acids is 1. The number of carbonyl (C=O) groups is 8. The maximum atomic E-state index is 15.7. The van der Waals surface area contributed by atoms with Crippen LogP contribution in [0.2, 0.25) is 10.0 Å². The monoisotopic (exact) mass is 1300 g/mol. The van der Waals surface area contributed by atoms with Crippen molar-refractivity contribution in [3.05, 3.63) is 189 Å². The molecule has 0 radical (unpaired) electrons. The van der Waals surface area contributed by atoms with Crippen LogP contribution < -0.4 is 41.4 Å². The summed E-state index contributed by atoms with van der Waals surface area (Å²) in [6.45, 7) is 4.63. The van der Waals surface area contributed by atoms with E-state index in [0.29, 0.717) is 11.1 Å². The molecule has 8 bridgehead atoms. The van der Waals surface area contributed by atoms with Crippen molar-refractivity contribution in [3.63, 3.8) is 0 Å². The Labute approximate surface area is 534 Å². The topological polar surface area (TPSA) is 376 Å². The molecule has 3 aliphatic heterocycles. The van der Waals surface area contributed by atoms with Crippen molar-refractivity contribution < 1.29 is 92.7 Å². The van der Waals surface area contributed by atoms with Crippen molar-refractivity contribution in [2.45, 2.75) is 88.2 Å². The smallest absolute Gasteiger partial charge is 0.408 e. The number of amides is 6. The zero-order valence-electron chi connectivity index (χ0n) is 49.2. The first-order chi connectivity index (χ1) is 43.7. The number of esters is 1. The Bertz CT molecular complexity index is 4020. The van der Waals surface area contributed by atoms with E-state index in [4.69, 9.17) is 46.9 Å². The van der Waals surface area contributed by atoms with E-state index >= 15 is 14.4 Å². The lowest BCUT2D eigenvalue weighted by molar-refractivity contribution is -0.146. The van der Waals surface area contributed by atoms with Gasteiger partial charge in [0.1, 0.15) is 77.3 Å². The van der Waals surface area contributed by atoms with Gasteiger partial charge in [0.15, 0.2) is 17.5 Å². The van der Waals surface area contributed by atoms with Crippen LogP contribution in [0.25, 0.3) is 11.1 Å². The van der Waals surface area contributed by atoms with Crippen LogP contribution in [0.3, 0.4) is 0 Å². The number of alkyl carbamates (subject to hydrolysis) is 2. The van der Waals surface area contributed by atoms with Gasteiger partial charge in [0.05, 0.1) is 17.2 Å². The molecule has 3 heterocycles. The predicted molar refractivity (Wildman–Crippen MR) is 328 cm³/mol. The third-order valence-corrected chi connectivity index (χ3v) is 15.0. The Balaban J connectivity index is 1.19. The lowest BCUT2D eigenvalue weighted by Crippen LogP contribution is -2.55. The van der Waals surface area contributed by atoms with Gasteiger partial charge in [0.25, 0.3) is 0 Å². The minimum Gasteiger partial charge on any atom is -0.508 e. The minimum absolute atomic E-state index is 0.141. The zero-order chi connectivity index (χ0) is 66.3. The zero-order valence-corrected chi connectivity index (χ0v) is 50.7. The molecule has 0 fully saturated rings. The van der Waals surface area contributed by atoms with Crippen LogP contribution >= 0.6 is 23.2 Å². The van der Waals surface area contributed by atoms with Gasteiger partial charge in [-0.25, -0.2) is 19.2 Å². The number of carbonyl (C=O) groups excluding carboxylic acids is 7. The highest BCUT2D eigenvalue weighted by atomic mass is 35.5. The summed E-state index contributed by atoms with van der Waals surface area (Å²) in [6, 6.07) is 20.9. The number of halogens is 2. The number of benzene rings is 7. The molecule has 12 N–H and O–H groups in total. The quantitative estimate of drug-likeness (QED) is 0.0362. The molecule has 478 valence electrons. The molecule has 27 heteroatoms. The summed E-state index contributed by atoms with van der Waals surface area (Å²) < 4.78 is 28.3. The molecule has 0 saturated heterocycles. The molecule has 7 aromatic carbocycles. The summed E-state index contributed by atoms with van der Waals surface area (Å²) in [4.78, 5) is 113. The van der Waals surface area contributed by atoms with Gasteiger partial charge in [-0.1, -0.05) is 102 Å². The van der Waals surface area contributed by atoms with Gasteiger partial charge in [-0.15, -0.1) is 0 Å². The molecule has 0 spiro atoms. The normalized spacial score (nSPS) is 17.6. The first-order valence-corrected chi connectivity index (χ1v) is 28.9. The number of aromatic hydroxyl groups is 4. The molecule has 10 rings (SSSR count). The Morgan fingerprint density at radius 2 is 1.32 bits per heavy atom. The van der Waals surface area contributed by atoms with Crippen molar-refractivity contribution >= 4 is 71.0 Å². The number of ether oxygens (including phenoxy) is 5. The number of fused-ring (bicyclic) bond motifs is 8. The summed E-state index contributed by atoms with van der Waals surface area (Å²) in [5, 5.41) is 82.9. The highest BCUT2D eigenvalue weighted by Crippen LogP contribution is 2.47. The Hall–Kier alpha value is -10.8. The summed E-state index contributed by atoms with van der Waals surface area (Å²) in [5.41, 5.74) is -1.35. The van der Waals surface area contributed by atoms with E-state index in [-0.39, 0.29) is 79.9 Å². The summed E-state index contributed by atoms with van der Waals surface area (Å²) in [5.74, 6) is -11.7. The number of rotatable bonds is 14. The highest BCUT2D eigenvalue weighted by molar-refractivity contribution is 6.32. The standard InChI is InChI=1S/C65H60Cl2N6O19/c1-65(2,3)92-64(87)68-42(22-31-11-7-5-8-12-31)57(79)70-52-36-26-48(90-46-19-15-33(21-40(46)66)23-43(61(83)84)69-63(86)89-30-32-13-9-6-10-14-32)56(78)49(27-36)91-47-20-17-35(25-41(47)67)55(77)54-60(82)72-53(62(85)88-4)39-28-37(74)29-45(76)50(39)38-24-34(16-18-44(38)75)51(58(80)73-54)71-59(52)81/h5-21,24-29,42-43,51-55,74-78H,22-23,30H2,1-4H3,(H,68,87)(H,69,86)(H,70,79)(H,71,81)(H,72,82)(H,73,80)(H,83,84)/t42-,43+,51+,52+,53+,54-,55+/m0/s1. The van der Waals surface area contributed by atoms with Crippen LogP contribution in [0.4, 0.5) is 9.59 Å². The van der Waals surface area contributed by atoms with Gasteiger partial charge in [0.2, 0.25) is 29.4 Å². The number of phenolic OH excluding ortho intramolecular Hbond substituents is 4. The van der Waals surface area contributed by atoms with Gasteiger partial charge in [-0.3, -0.25) is 19.2 Å². The lowest BCUT2D eigenvalue weighted by Gasteiger charge is -2.31. The second-order valence-corrected chi connectivity index (χ2v) is 23.0. The number of phenols is 4. The van der Waals surface area contributed by atoms with Gasteiger partial charge >= 0.3 is 24.1 Å². The second kappa shape index (κ2) is 28.0. The fraction of sp³-hybridized carbons (Fsp3) is 0.231. The molecule has 25 nitrogen and oxygen atoms in total. The first kappa shape index (κ1) is 65.7. The molecule has 0 unspecified atom stereocenters. The van der Waals surface area contributed by atoms with Crippen LogP contribution in [0.5, 0.6) is 46.0 Å². The van der Waals surface area contributed by atoms with Gasteiger partial charge < -0.3 is 86.2 Å². The highest BCUT2D eigenvalue weighted by Gasteiger charge is 2.41. The van der Waals surface area contributed by atoms with E-state index < -0.39 is 130 Å². The van der Waals surface area contributed by atoms with Crippen LogP contribution in [0.1, 0.15) is 83.9 Å². The largest absolute Gasteiger partial charge is 0.508 e. The third-order valence-electron chi connectivity index (χ3n) is 14.4. The SMILES string of the molecule is COC(=O)[C@@H]1NC(=O)[C@H]2NC(=O)[C@H](NC(=O)[C@H](NC(=O)[C@H](Cc3ccccc3)NC(=O)OC(C)(C)C)c3cc(Oc4ccc(C[C@@H](NC(=O)OCc5ccccc5)C(=O)O)cc4Cl)c(O)c(c3)Oc3ccc(cc3Cl)[C@H]2O)c2ccc(O)c(c2)-c2c(O)cc(O)cc21. The number of aliphatic hydroxyl groups is 1. The number of carboxylic acid groups (broad SMARTS) is 1. The van der Waals surface area contributed by atoms with Crippen LogP contribution in [0, 0.1) is 0 Å². The van der Waals surface area contributed by atoms with Crippen molar-refractivity contribution in [3.8, 4) is 57.1 Å². The molecular formula is C65H60Cl2N6O19. The van der Waals surface area contributed by atoms with E-state index in [2.05, 4.69) is 31.9 Å². The summed E-state index contributed by atoms with van der Waals surface area (Å²) in [6.07, 6.45) is -4.66. The molecule has 7 aromatic rings. The van der Waals surface area contributed by atoms with E-state index in [1.54, 1.807) is 81.4 Å².